The molecule has 25 heavy (non-hydrogen) atoms. The Morgan fingerprint density at radius 3 is 2.84 bits per heavy atom. The number of amides is 3. The Bertz CT molecular complexity index is 651. The standard InChI is InChI=1S/C19H26FN3O2/c1-2-22-12-5-9-19(17(22)24)10-13-23(14-19)18(25)21-11-8-15-6-3-4-7-16(15)20/h3-4,6-7H,2,5,8-14H2,1H3,(H,21,25)/t19-/m1/s1. The fraction of sp³-hybridized carbons (Fsp3) is 0.579. The molecule has 1 N–H and O–H groups in total. The number of hydrogen-bond acceptors (Lipinski definition) is 2. The second-order valence-electron chi connectivity index (χ2n) is 7.01. The molecule has 136 valence electrons. The topological polar surface area (TPSA) is 52.6 Å². The van der Waals surface area contributed by atoms with Gasteiger partial charge in [0.1, 0.15) is 5.82 Å². The molecule has 2 aliphatic rings. The summed E-state index contributed by atoms with van der Waals surface area (Å²) in [5, 5.41) is 2.86. The van der Waals surface area contributed by atoms with Crippen LogP contribution in [0.15, 0.2) is 24.3 Å². The van der Waals surface area contributed by atoms with Crippen molar-refractivity contribution in [3.05, 3.63) is 35.6 Å². The Morgan fingerprint density at radius 2 is 2.08 bits per heavy atom. The molecule has 3 rings (SSSR count). The Balaban J connectivity index is 1.52. The van der Waals surface area contributed by atoms with Crippen molar-refractivity contribution in [1.82, 2.24) is 15.1 Å². The molecule has 1 spiro atoms. The van der Waals surface area contributed by atoms with Crippen molar-refractivity contribution in [2.24, 2.45) is 5.41 Å². The first-order valence-corrected chi connectivity index (χ1v) is 9.11. The van der Waals surface area contributed by atoms with E-state index in [4.69, 9.17) is 0 Å². The summed E-state index contributed by atoms with van der Waals surface area (Å²) in [5.74, 6) is -0.0489. The average Bonchev–Trinajstić information content (AvgIpc) is 3.04. The van der Waals surface area contributed by atoms with Gasteiger partial charge in [-0.3, -0.25) is 4.79 Å². The second kappa shape index (κ2) is 7.42. The van der Waals surface area contributed by atoms with Crippen molar-refractivity contribution in [3.8, 4) is 0 Å². The summed E-state index contributed by atoms with van der Waals surface area (Å²) in [6, 6.07) is 6.44. The van der Waals surface area contributed by atoms with Crippen molar-refractivity contribution in [1.29, 1.82) is 0 Å². The van der Waals surface area contributed by atoms with E-state index in [1.807, 2.05) is 11.8 Å². The molecule has 2 saturated heterocycles. The largest absolute Gasteiger partial charge is 0.342 e. The zero-order valence-electron chi connectivity index (χ0n) is 14.8. The van der Waals surface area contributed by atoms with E-state index in [0.717, 1.165) is 32.4 Å². The van der Waals surface area contributed by atoms with E-state index in [0.29, 0.717) is 31.6 Å². The molecular formula is C19H26FN3O2. The van der Waals surface area contributed by atoms with Gasteiger partial charge in [-0.1, -0.05) is 18.2 Å². The number of nitrogens with zero attached hydrogens (tertiary/aromatic N) is 2. The molecule has 3 amide bonds. The highest BCUT2D eigenvalue weighted by Gasteiger charge is 2.49. The Hall–Kier alpha value is -2.11. The molecule has 0 unspecified atom stereocenters. The number of nitrogens with one attached hydrogen (secondary N) is 1. The number of piperidine rings is 1. The van der Waals surface area contributed by atoms with Crippen LogP contribution in [0.3, 0.4) is 0 Å². The van der Waals surface area contributed by atoms with Gasteiger partial charge in [0, 0.05) is 32.7 Å². The monoisotopic (exact) mass is 347 g/mol. The van der Waals surface area contributed by atoms with Gasteiger partial charge in [-0.05, 0) is 44.2 Å². The van der Waals surface area contributed by atoms with E-state index in [2.05, 4.69) is 5.32 Å². The maximum absolute atomic E-state index is 13.6. The second-order valence-corrected chi connectivity index (χ2v) is 7.01. The van der Waals surface area contributed by atoms with Crippen LogP contribution in [0.1, 0.15) is 31.7 Å². The summed E-state index contributed by atoms with van der Waals surface area (Å²) in [6.07, 6.45) is 3.06. The fourth-order valence-corrected chi connectivity index (χ4v) is 4.00. The quantitative estimate of drug-likeness (QED) is 0.909. The number of likely N-dealkylation sites (tertiary alicyclic amines) is 2. The summed E-state index contributed by atoms with van der Waals surface area (Å²) in [7, 11) is 0. The van der Waals surface area contributed by atoms with E-state index in [1.54, 1.807) is 23.1 Å². The van der Waals surface area contributed by atoms with Crippen molar-refractivity contribution in [2.75, 3.05) is 32.7 Å². The predicted octanol–water partition coefficient (Wildman–Crippen LogP) is 2.41. The molecule has 2 aliphatic heterocycles. The van der Waals surface area contributed by atoms with Gasteiger partial charge < -0.3 is 15.1 Å². The molecular weight excluding hydrogens is 321 g/mol. The Labute approximate surface area is 148 Å². The molecule has 1 atom stereocenters. The number of rotatable bonds is 4. The number of halogens is 1. The van der Waals surface area contributed by atoms with Crippen LogP contribution >= 0.6 is 0 Å². The highest BCUT2D eigenvalue weighted by atomic mass is 19.1. The minimum atomic E-state index is -0.392. The van der Waals surface area contributed by atoms with Gasteiger partial charge in [0.15, 0.2) is 0 Å². The van der Waals surface area contributed by atoms with Gasteiger partial charge in [0.2, 0.25) is 5.91 Å². The summed E-state index contributed by atoms with van der Waals surface area (Å²) in [6.45, 7) is 5.04. The lowest BCUT2D eigenvalue weighted by Gasteiger charge is -2.38. The third-order valence-corrected chi connectivity index (χ3v) is 5.48. The molecule has 2 fully saturated rings. The zero-order chi connectivity index (χ0) is 17.9. The molecule has 0 radical (unpaired) electrons. The number of benzene rings is 1. The average molecular weight is 347 g/mol. The van der Waals surface area contributed by atoms with E-state index in [-0.39, 0.29) is 17.8 Å². The molecule has 1 aromatic carbocycles. The van der Waals surface area contributed by atoms with Crippen LogP contribution in [0.4, 0.5) is 9.18 Å². The lowest BCUT2D eigenvalue weighted by molar-refractivity contribution is -0.145. The van der Waals surface area contributed by atoms with Crippen molar-refractivity contribution >= 4 is 11.9 Å². The van der Waals surface area contributed by atoms with Crippen LogP contribution in [0.5, 0.6) is 0 Å². The normalized spacial score (nSPS) is 23.4. The SMILES string of the molecule is CCN1CCC[C@]2(CCN(C(=O)NCCc3ccccc3F)C2)C1=O. The van der Waals surface area contributed by atoms with E-state index in [9.17, 15) is 14.0 Å². The predicted molar refractivity (Wildman–Crippen MR) is 93.6 cm³/mol. The molecule has 0 aromatic heterocycles. The Morgan fingerprint density at radius 1 is 1.28 bits per heavy atom. The molecule has 0 bridgehead atoms. The number of carbonyl (C=O) groups excluding carboxylic acids is 2. The van der Waals surface area contributed by atoms with Gasteiger partial charge in [-0.15, -0.1) is 0 Å². The zero-order valence-corrected chi connectivity index (χ0v) is 14.8. The molecule has 0 saturated carbocycles. The summed E-state index contributed by atoms with van der Waals surface area (Å²) < 4.78 is 13.6. The lowest BCUT2D eigenvalue weighted by atomic mass is 9.78. The van der Waals surface area contributed by atoms with Crippen molar-refractivity contribution in [3.63, 3.8) is 0 Å². The first-order valence-electron chi connectivity index (χ1n) is 9.11. The van der Waals surface area contributed by atoms with E-state index < -0.39 is 5.41 Å². The van der Waals surface area contributed by atoms with Crippen molar-refractivity contribution in [2.45, 2.75) is 32.6 Å². The van der Waals surface area contributed by atoms with Crippen LogP contribution in [0, 0.1) is 11.2 Å². The highest BCUT2D eigenvalue weighted by Crippen LogP contribution is 2.39. The molecule has 1 aromatic rings. The molecule has 6 heteroatoms. The first-order chi connectivity index (χ1) is 12.1. The lowest BCUT2D eigenvalue weighted by Crippen LogP contribution is -2.50. The molecule has 0 aliphatic carbocycles. The van der Waals surface area contributed by atoms with Crippen LogP contribution in [-0.4, -0.2) is 54.5 Å². The first kappa shape index (κ1) is 17.7. The Kier molecular flexibility index (Phi) is 5.25. The van der Waals surface area contributed by atoms with Gasteiger partial charge in [-0.2, -0.15) is 0 Å². The van der Waals surface area contributed by atoms with E-state index in [1.165, 1.54) is 6.07 Å². The third-order valence-electron chi connectivity index (χ3n) is 5.48. The number of hydrogen-bond donors (Lipinski definition) is 1. The van der Waals surface area contributed by atoms with Crippen molar-refractivity contribution < 1.29 is 14.0 Å². The van der Waals surface area contributed by atoms with Crippen LogP contribution < -0.4 is 5.32 Å². The summed E-state index contributed by atoms with van der Waals surface area (Å²) in [4.78, 5) is 28.8. The third kappa shape index (κ3) is 3.62. The molecule has 2 heterocycles. The van der Waals surface area contributed by atoms with Gasteiger partial charge in [0.05, 0.1) is 5.41 Å². The maximum atomic E-state index is 13.6. The van der Waals surface area contributed by atoms with Crippen LogP contribution in [-0.2, 0) is 11.2 Å². The smallest absolute Gasteiger partial charge is 0.317 e. The summed E-state index contributed by atoms with van der Waals surface area (Å²) in [5.41, 5.74) is 0.207. The van der Waals surface area contributed by atoms with Gasteiger partial charge in [0.25, 0.3) is 0 Å². The minimum Gasteiger partial charge on any atom is -0.342 e. The van der Waals surface area contributed by atoms with Gasteiger partial charge >= 0.3 is 6.03 Å². The molecule has 5 nitrogen and oxygen atoms in total. The van der Waals surface area contributed by atoms with Gasteiger partial charge in [-0.25, -0.2) is 9.18 Å². The highest BCUT2D eigenvalue weighted by molar-refractivity contribution is 5.85. The maximum Gasteiger partial charge on any atom is 0.317 e. The van der Waals surface area contributed by atoms with Crippen LogP contribution in [0.25, 0.3) is 0 Å². The number of carbonyl (C=O) groups is 2. The summed E-state index contributed by atoms with van der Waals surface area (Å²) >= 11 is 0. The number of urea groups is 1. The van der Waals surface area contributed by atoms with E-state index >= 15 is 0 Å². The fourth-order valence-electron chi connectivity index (χ4n) is 4.00. The minimum absolute atomic E-state index is 0.158. The van der Waals surface area contributed by atoms with Crippen LogP contribution in [0.2, 0.25) is 0 Å².